The molecule has 5 atom stereocenters. The molecule has 1 amide bonds. The van der Waals surface area contributed by atoms with Crippen LogP contribution < -0.4 is 10.6 Å². The number of hydrogen-bond donors (Lipinski definition) is 3. The predicted molar refractivity (Wildman–Crippen MR) is 93.7 cm³/mol. The van der Waals surface area contributed by atoms with Crippen molar-refractivity contribution in [2.24, 2.45) is 5.92 Å². The minimum atomic E-state index is -0.884. The van der Waals surface area contributed by atoms with Crippen molar-refractivity contribution in [3.8, 4) is 0 Å². The van der Waals surface area contributed by atoms with Crippen LogP contribution in [0.5, 0.6) is 0 Å². The summed E-state index contributed by atoms with van der Waals surface area (Å²) in [6.45, 7) is 9.30. The summed E-state index contributed by atoms with van der Waals surface area (Å²) in [5.41, 5.74) is -0.759. The number of carboxylic acids is 1. The Hall–Kier alpha value is -1.66. The van der Waals surface area contributed by atoms with E-state index in [1.165, 1.54) is 6.92 Å². The first-order valence-electron chi connectivity index (χ1n) is 8.42. The Morgan fingerprint density at radius 3 is 2.62 bits per heavy atom. The number of carbonyl (C=O) groups is 2. The van der Waals surface area contributed by atoms with Crippen molar-refractivity contribution in [2.45, 2.75) is 63.8 Å². The lowest BCUT2D eigenvalue weighted by atomic mass is 9.80. The maximum Gasteiger partial charge on any atom is 0.320 e. The van der Waals surface area contributed by atoms with E-state index in [1.54, 1.807) is 13.2 Å². The van der Waals surface area contributed by atoms with E-state index in [0.29, 0.717) is 12.8 Å². The van der Waals surface area contributed by atoms with E-state index in [2.05, 4.69) is 17.2 Å². The fourth-order valence-corrected chi connectivity index (χ4v) is 3.63. The van der Waals surface area contributed by atoms with Gasteiger partial charge < -0.3 is 15.2 Å². The zero-order chi connectivity index (χ0) is 18.3. The lowest BCUT2D eigenvalue weighted by Gasteiger charge is -2.42. The van der Waals surface area contributed by atoms with Gasteiger partial charge in [-0.3, -0.25) is 14.9 Å². The highest BCUT2D eigenvalue weighted by atomic mass is 16.5. The van der Waals surface area contributed by atoms with Gasteiger partial charge in [0.25, 0.3) is 0 Å². The highest BCUT2D eigenvalue weighted by Crippen LogP contribution is 2.33. The Labute approximate surface area is 144 Å². The average molecular weight is 338 g/mol. The molecule has 136 valence electrons. The van der Waals surface area contributed by atoms with Crippen molar-refractivity contribution in [1.82, 2.24) is 10.6 Å². The monoisotopic (exact) mass is 338 g/mol. The molecule has 0 aromatic heterocycles. The number of amides is 1. The minimum Gasteiger partial charge on any atom is -0.480 e. The van der Waals surface area contributed by atoms with Crippen LogP contribution in [0.1, 0.15) is 40.0 Å². The maximum absolute atomic E-state index is 11.8. The number of carboxylic acid groups (broad SMARTS) is 1. The third-order valence-corrected chi connectivity index (χ3v) is 4.71. The number of allylic oxidation sites excluding steroid dienone is 1. The molecule has 1 fully saturated rings. The van der Waals surface area contributed by atoms with Crippen LogP contribution in [-0.2, 0) is 14.3 Å². The Kier molecular flexibility index (Phi) is 7.63. The fourth-order valence-electron chi connectivity index (χ4n) is 3.63. The Morgan fingerprint density at radius 1 is 1.54 bits per heavy atom. The molecule has 6 heteroatoms. The molecule has 24 heavy (non-hydrogen) atoms. The molecule has 0 radical (unpaired) electrons. The van der Waals surface area contributed by atoms with Crippen molar-refractivity contribution in [2.75, 3.05) is 7.11 Å². The molecule has 1 saturated heterocycles. The van der Waals surface area contributed by atoms with E-state index >= 15 is 0 Å². The molecule has 1 rings (SSSR count). The molecule has 1 aliphatic heterocycles. The van der Waals surface area contributed by atoms with Gasteiger partial charge in [0.2, 0.25) is 5.91 Å². The number of aliphatic carboxylic acids is 1. The van der Waals surface area contributed by atoms with Gasteiger partial charge in [-0.1, -0.05) is 31.6 Å². The first kappa shape index (κ1) is 20.4. The van der Waals surface area contributed by atoms with Gasteiger partial charge >= 0.3 is 5.97 Å². The zero-order valence-electron chi connectivity index (χ0n) is 15.0. The standard InChI is InChI=1S/C18H30N2O4/c1-6-9-13-11-14(17(22)23)20-15(13)16(19-12(4)21)18(8-3,24-5)10-7-2/h6,8-9,13-16,20H,3,7,10-11H2,1-2,4-5H3,(H,19,21)(H,22,23)/b9-6-/t13-,14-,15-,16-,18+/m1/s1. The largest absolute Gasteiger partial charge is 0.480 e. The first-order chi connectivity index (χ1) is 11.3. The number of rotatable bonds is 9. The van der Waals surface area contributed by atoms with Crippen LogP contribution in [0.15, 0.2) is 24.8 Å². The molecular weight excluding hydrogens is 308 g/mol. The normalized spacial score (nSPS) is 27.6. The van der Waals surface area contributed by atoms with Gasteiger partial charge in [-0.25, -0.2) is 0 Å². The van der Waals surface area contributed by atoms with Crippen molar-refractivity contribution in [3.05, 3.63) is 24.8 Å². The molecule has 3 N–H and O–H groups in total. The molecule has 6 nitrogen and oxygen atoms in total. The Bertz CT molecular complexity index is 491. The van der Waals surface area contributed by atoms with E-state index < -0.39 is 23.7 Å². The van der Waals surface area contributed by atoms with Crippen LogP contribution in [0, 0.1) is 5.92 Å². The lowest BCUT2D eigenvalue weighted by Crippen LogP contribution is -2.62. The highest BCUT2D eigenvalue weighted by Gasteiger charge is 2.48. The smallest absolute Gasteiger partial charge is 0.320 e. The van der Waals surface area contributed by atoms with Gasteiger partial charge in [-0.2, -0.15) is 0 Å². The molecule has 0 bridgehead atoms. The summed E-state index contributed by atoms with van der Waals surface area (Å²) >= 11 is 0. The van der Waals surface area contributed by atoms with Crippen LogP contribution in [0.2, 0.25) is 0 Å². The molecule has 0 saturated carbocycles. The van der Waals surface area contributed by atoms with Gasteiger partial charge in [-0.05, 0) is 25.7 Å². The number of carbonyl (C=O) groups excluding carboxylic acids is 1. The molecule has 1 aliphatic rings. The molecule has 0 unspecified atom stereocenters. The van der Waals surface area contributed by atoms with E-state index in [0.717, 1.165) is 6.42 Å². The molecule has 0 aromatic carbocycles. The third-order valence-electron chi connectivity index (χ3n) is 4.71. The zero-order valence-corrected chi connectivity index (χ0v) is 15.0. The van der Waals surface area contributed by atoms with E-state index in [-0.39, 0.29) is 17.9 Å². The number of ether oxygens (including phenoxy) is 1. The summed E-state index contributed by atoms with van der Waals surface area (Å²) in [7, 11) is 1.60. The molecular formula is C18H30N2O4. The molecule has 0 aromatic rings. The Balaban J connectivity index is 3.27. The van der Waals surface area contributed by atoms with Crippen molar-refractivity contribution >= 4 is 11.9 Å². The summed E-state index contributed by atoms with van der Waals surface area (Å²) < 4.78 is 5.78. The number of methoxy groups -OCH3 is 1. The minimum absolute atomic E-state index is 0.0146. The van der Waals surface area contributed by atoms with Crippen LogP contribution in [-0.4, -0.2) is 47.8 Å². The second-order valence-electron chi connectivity index (χ2n) is 6.30. The second kappa shape index (κ2) is 8.99. The number of hydrogen-bond acceptors (Lipinski definition) is 4. The topological polar surface area (TPSA) is 87.7 Å². The van der Waals surface area contributed by atoms with Crippen LogP contribution in [0.4, 0.5) is 0 Å². The van der Waals surface area contributed by atoms with Crippen molar-refractivity contribution in [1.29, 1.82) is 0 Å². The quantitative estimate of drug-likeness (QED) is 0.559. The fraction of sp³-hybridized carbons (Fsp3) is 0.667. The lowest BCUT2D eigenvalue weighted by molar-refractivity contribution is -0.139. The van der Waals surface area contributed by atoms with E-state index in [9.17, 15) is 14.7 Å². The average Bonchev–Trinajstić information content (AvgIpc) is 2.95. The van der Waals surface area contributed by atoms with Gasteiger partial charge in [0.1, 0.15) is 11.6 Å². The highest BCUT2D eigenvalue weighted by molar-refractivity contribution is 5.75. The van der Waals surface area contributed by atoms with Crippen LogP contribution >= 0.6 is 0 Å². The molecule has 0 spiro atoms. The van der Waals surface area contributed by atoms with Gasteiger partial charge in [0.15, 0.2) is 0 Å². The third kappa shape index (κ3) is 4.45. The van der Waals surface area contributed by atoms with Gasteiger partial charge in [0.05, 0.1) is 6.04 Å². The number of nitrogens with one attached hydrogen (secondary N) is 2. The maximum atomic E-state index is 11.8. The molecule has 1 heterocycles. The van der Waals surface area contributed by atoms with Crippen molar-refractivity contribution < 1.29 is 19.4 Å². The van der Waals surface area contributed by atoms with E-state index in [1.807, 2.05) is 26.0 Å². The van der Waals surface area contributed by atoms with Crippen LogP contribution in [0.3, 0.4) is 0 Å². The van der Waals surface area contributed by atoms with Crippen LogP contribution in [0.25, 0.3) is 0 Å². The summed E-state index contributed by atoms with van der Waals surface area (Å²) in [4.78, 5) is 23.2. The molecule has 0 aliphatic carbocycles. The second-order valence-corrected chi connectivity index (χ2v) is 6.30. The van der Waals surface area contributed by atoms with Gasteiger partial charge in [-0.15, -0.1) is 6.58 Å². The predicted octanol–water partition coefficient (Wildman–Crippen LogP) is 1.87. The summed E-state index contributed by atoms with van der Waals surface area (Å²) in [5, 5.41) is 15.5. The summed E-state index contributed by atoms with van der Waals surface area (Å²) in [6, 6.07) is -1.31. The van der Waals surface area contributed by atoms with E-state index in [4.69, 9.17) is 4.74 Å². The SMILES string of the molecule is C=C[C@@](CCC)(OC)[C@H](NC(C)=O)[C@@H]1N[C@@H](C(=O)O)C[C@H]1/C=C\C. The first-order valence-corrected chi connectivity index (χ1v) is 8.42. The van der Waals surface area contributed by atoms with Crippen molar-refractivity contribution in [3.63, 3.8) is 0 Å². The summed E-state index contributed by atoms with van der Waals surface area (Å²) in [6.07, 6.45) is 7.63. The summed E-state index contributed by atoms with van der Waals surface area (Å²) in [5.74, 6) is -1.08. The van der Waals surface area contributed by atoms with Gasteiger partial charge in [0, 0.05) is 20.1 Å². The Morgan fingerprint density at radius 2 is 2.21 bits per heavy atom.